The van der Waals surface area contributed by atoms with Crippen LogP contribution in [0.2, 0.25) is 0 Å². The van der Waals surface area contributed by atoms with Crippen LogP contribution in [0, 0.1) is 46.5 Å². The molecule has 0 aliphatic rings. The van der Waals surface area contributed by atoms with Gasteiger partial charge in [-0.1, -0.05) is 0 Å². The zero-order chi connectivity index (χ0) is 38.1. The number of alkyl halides is 3. The predicted octanol–water partition coefficient (Wildman–Crippen LogP) is 7.55. The lowest BCUT2D eigenvalue weighted by Gasteiger charge is -2.29. The summed E-state index contributed by atoms with van der Waals surface area (Å²) in [5, 5.41) is -2.76. The van der Waals surface area contributed by atoms with Crippen molar-refractivity contribution in [3.05, 3.63) is 63.7 Å². The summed E-state index contributed by atoms with van der Waals surface area (Å²) in [4.78, 5) is 0. The van der Waals surface area contributed by atoms with E-state index in [0.29, 0.717) is 0 Å². The standard InChI is InChI=1S/C14H15F7O3Si.C13H15F7O3Si/c1-4-22-25(23-5-2,24-6-3)13-11(18)8(15)7(9(16)12(13)19)10(17)14(20)21;1-4-21-24(22-5-2,23-6-3)12-10(16)8(14)7(13(18,19)20)9(15)11(12)17/h4-6H2,1-3H3;4-6H2,1-3H3. The molecule has 49 heavy (non-hydrogen) atoms. The van der Waals surface area contributed by atoms with Crippen LogP contribution in [-0.2, 0) is 32.7 Å². The van der Waals surface area contributed by atoms with Gasteiger partial charge in [-0.05, 0) is 41.5 Å². The maximum absolute atomic E-state index is 14.4. The molecule has 0 aliphatic heterocycles. The zero-order valence-electron chi connectivity index (χ0n) is 26.5. The van der Waals surface area contributed by atoms with E-state index in [2.05, 4.69) is 0 Å². The summed E-state index contributed by atoms with van der Waals surface area (Å²) < 4.78 is 219. The van der Waals surface area contributed by atoms with Crippen molar-refractivity contribution in [1.82, 2.24) is 0 Å². The molecule has 0 saturated heterocycles. The van der Waals surface area contributed by atoms with Crippen LogP contribution in [0.1, 0.15) is 52.7 Å². The summed E-state index contributed by atoms with van der Waals surface area (Å²) in [5.74, 6) is -21.3. The monoisotopic (exact) mass is 772 g/mol. The van der Waals surface area contributed by atoms with Crippen molar-refractivity contribution in [2.75, 3.05) is 39.6 Å². The molecule has 2 aromatic carbocycles. The fourth-order valence-electron chi connectivity index (χ4n) is 4.16. The Morgan fingerprint density at radius 3 is 0.898 bits per heavy atom. The highest BCUT2D eigenvalue weighted by molar-refractivity contribution is 6.76. The second-order valence-corrected chi connectivity index (χ2v) is 13.8. The lowest BCUT2D eigenvalue weighted by molar-refractivity contribution is -0.143. The Kier molecular flexibility index (Phi) is 16.8. The lowest BCUT2D eigenvalue weighted by Crippen LogP contribution is -2.60. The van der Waals surface area contributed by atoms with Crippen molar-refractivity contribution >= 4 is 33.8 Å². The first kappa shape index (κ1) is 44.4. The summed E-state index contributed by atoms with van der Waals surface area (Å²) >= 11 is 0. The normalized spacial score (nSPS) is 12.2. The molecule has 0 fully saturated rings. The molecule has 22 heteroatoms. The van der Waals surface area contributed by atoms with E-state index in [9.17, 15) is 61.5 Å². The van der Waals surface area contributed by atoms with Gasteiger partial charge in [-0.15, -0.1) is 0 Å². The van der Waals surface area contributed by atoms with E-state index in [-0.39, 0.29) is 39.6 Å². The zero-order valence-corrected chi connectivity index (χ0v) is 28.5. The summed E-state index contributed by atoms with van der Waals surface area (Å²) in [6.45, 7) is 7.22. The quantitative estimate of drug-likeness (QED) is 0.106. The Morgan fingerprint density at radius 2 is 0.694 bits per heavy atom. The molecule has 6 nitrogen and oxygen atoms in total. The topological polar surface area (TPSA) is 55.4 Å². The number of benzene rings is 2. The Bertz CT molecular complexity index is 1380. The van der Waals surface area contributed by atoms with E-state index in [1.54, 1.807) is 0 Å². The van der Waals surface area contributed by atoms with Crippen molar-refractivity contribution < 1.29 is 88.0 Å². The van der Waals surface area contributed by atoms with Crippen molar-refractivity contribution in [3.8, 4) is 0 Å². The third kappa shape index (κ3) is 9.39. The van der Waals surface area contributed by atoms with Crippen LogP contribution in [0.3, 0.4) is 0 Å². The average Bonchev–Trinajstić information content (AvgIpc) is 3.00. The molecule has 0 aliphatic carbocycles. The lowest BCUT2D eigenvalue weighted by atomic mass is 10.1. The summed E-state index contributed by atoms with van der Waals surface area (Å²) in [5.41, 5.74) is -4.81. The molecule has 0 aromatic heterocycles. The summed E-state index contributed by atoms with van der Waals surface area (Å²) in [6.07, 6.45) is -8.76. The molecule has 0 saturated carbocycles. The fourth-order valence-corrected chi connectivity index (χ4v) is 9.32. The van der Waals surface area contributed by atoms with Crippen LogP contribution >= 0.6 is 0 Å². The Balaban J connectivity index is 0.000000490. The van der Waals surface area contributed by atoms with Gasteiger partial charge in [0.2, 0.25) is 5.83 Å². The first-order valence-corrected chi connectivity index (χ1v) is 17.5. The minimum atomic E-state index is -5.62. The van der Waals surface area contributed by atoms with Gasteiger partial charge < -0.3 is 26.6 Å². The van der Waals surface area contributed by atoms with E-state index >= 15 is 0 Å². The molecule has 0 bridgehead atoms. The van der Waals surface area contributed by atoms with Crippen LogP contribution in [0.15, 0.2) is 6.08 Å². The molecular weight excluding hydrogens is 742 g/mol. The minimum absolute atomic E-state index is 0.191. The summed E-state index contributed by atoms with van der Waals surface area (Å²) in [6, 6.07) is 0. The van der Waals surface area contributed by atoms with Crippen LogP contribution in [0.5, 0.6) is 0 Å². The van der Waals surface area contributed by atoms with E-state index in [4.69, 9.17) is 26.6 Å². The van der Waals surface area contributed by atoms with Gasteiger partial charge in [-0.2, -0.15) is 22.0 Å². The van der Waals surface area contributed by atoms with Gasteiger partial charge in [0.25, 0.3) is 0 Å². The molecule has 2 aromatic rings. The highest BCUT2D eigenvalue weighted by Gasteiger charge is 2.53. The Labute approximate surface area is 273 Å². The number of hydrogen-bond acceptors (Lipinski definition) is 6. The van der Waals surface area contributed by atoms with Crippen molar-refractivity contribution in [2.45, 2.75) is 47.7 Å². The minimum Gasteiger partial charge on any atom is -0.370 e. The van der Waals surface area contributed by atoms with Crippen molar-refractivity contribution in [2.24, 2.45) is 0 Å². The van der Waals surface area contributed by atoms with Crippen molar-refractivity contribution in [1.29, 1.82) is 0 Å². The van der Waals surface area contributed by atoms with Gasteiger partial charge in [0, 0.05) is 39.6 Å². The molecular formula is C27H30F14O6Si2. The second-order valence-electron chi connectivity index (χ2n) is 8.79. The smallest absolute Gasteiger partial charge is 0.370 e. The van der Waals surface area contributed by atoms with E-state index in [1.807, 2.05) is 0 Å². The largest absolute Gasteiger partial charge is 0.543 e. The van der Waals surface area contributed by atoms with E-state index in [1.165, 1.54) is 41.5 Å². The van der Waals surface area contributed by atoms with Crippen LogP contribution in [0.25, 0.3) is 5.83 Å². The second kappa shape index (κ2) is 18.6. The van der Waals surface area contributed by atoms with Gasteiger partial charge >= 0.3 is 29.9 Å². The van der Waals surface area contributed by atoms with Gasteiger partial charge in [-0.25, -0.2) is 39.5 Å². The summed E-state index contributed by atoms with van der Waals surface area (Å²) in [7, 11) is -8.97. The van der Waals surface area contributed by atoms with E-state index < -0.39 is 104 Å². The maximum atomic E-state index is 14.4. The molecule has 0 atom stereocenters. The van der Waals surface area contributed by atoms with Gasteiger partial charge in [0.15, 0.2) is 46.5 Å². The number of hydrogen-bond donors (Lipinski definition) is 0. The highest BCUT2D eigenvalue weighted by Crippen LogP contribution is 2.36. The molecule has 0 spiro atoms. The SMILES string of the molecule is CCO[Si](OCC)(OCC)c1c(F)c(F)c(C(F)(F)F)c(F)c1F.CCO[Si](OCC)(OCC)c1c(F)c(F)c(C(F)=C(F)F)c(F)c1F. The predicted molar refractivity (Wildman–Crippen MR) is 148 cm³/mol. The maximum Gasteiger partial charge on any atom is 0.543 e. The average molecular weight is 773 g/mol. The van der Waals surface area contributed by atoms with Gasteiger partial charge in [0.05, 0.1) is 15.9 Å². The van der Waals surface area contributed by atoms with Crippen LogP contribution in [0.4, 0.5) is 61.5 Å². The fraction of sp³-hybridized carbons (Fsp3) is 0.481. The molecule has 2 rings (SSSR count). The van der Waals surface area contributed by atoms with Gasteiger partial charge in [0.1, 0.15) is 5.56 Å². The molecule has 0 N–H and O–H groups in total. The first-order valence-electron chi connectivity index (χ1n) is 14.1. The first-order chi connectivity index (χ1) is 22.7. The van der Waals surface area contributed by atoms with Gasteiger partial charge in [-0.3, -0.25) is 0 Å². The number of rotatable bonds is 15. The Morgan fingerprint density at radius 1 is 0.449 bits per heavy atom. The molecule has 0 amide bonds. The highest BCUT2D eigenvalue weighted by atomic mass is 28.4. The molecule has 280 valence electrons. The van der Waals surface area contributed by atoms with E-state index in [0.717, 1.165) is 0 Å². The van der Waals surface area contributed by atoms with Crippen LogP contribution in [-0.4, -0.2) is 57.3 Å². The van der Waals surface area contributed by atoms with Crippen LogP contribution < -0.4 is 10.4 Å². The third-order valence-corrected chi connectivity index (χ3v) is 11.9. The molecule has 0 radical (unpaired) electrons. The van der Waals surface area contributed by atoms with Crippen molar-refractivity contribution in [3.63, 3.8) is 0 Å². The number of halogens is 14. The Hall–Kier alpha value is -2.61. The molecule has 0 unspecified atom stereocenters. The third-order valence-electron chi connectivity index (χ3n) is 5.81. The molecule has 0 heterocycles.